The smallest absolute Gasteiger partial charge is 0.255 e. The van der Waals surface area contributed by atoms with Gasteiger partial charge < -0.3 is 15.4 Å². The van der Waals surface area contributed by atoms with Crippen molar-refractivity contribution in [2.24, 2.45) is 0 Å². The minimum atomic E-state index is -0.507. The van der Waals surface area contributed by atoms with Crippen molar-refractivity contribution in [3.8, 4) is 5.75 Å². The summed E-state index contributed by atoms with van der Waals surface area (Å²) >= 11 is 12.3. The average Bonchev–Trinajstić information content (AvgIpc) is 3.32. The Bertz CT molecular complexity index is 1530. The number of aryl methyl sites for hydroxylation is 2. The number of anilines is 2. The molecule has 1 aromatic heterocycles. The Kier molecular flexibility index (Phi) is 6.91. The van der Waals surface area contributed by atoms with Gasteiger partial charge in [-0.1, -0.05) is 59.1 Å². The fourth-order valence-corrected chi connectivity index (χ4v) is 4.87. The van der Waals surface area contributed by atoms with Gasteiger partial charge in [-0.15, -0.1) is 0 Å². The van der Waals surface area contributed by atoms with Crippen LogP contribution in [0.4, 0.5) is 11.6 Å². The van der Waals surface area contributed by atoms with Crippen LogP contribution >= 0.6 is 23.2 Å². The fourth-order valence-electron chi connectivity index (χ4n) is 4.41. The molecule has 2 N–H and O–H groups in total. The highest BCUT2D eigenvalue weighted by Gasteiger charge is 2.33. The molecular weight excluding hydrogens is 509 g/mol. The molecule has 7 nitrogen and oxygen atoms in total. The number of allylic oxidation sites excluding steroid dienone is 1. The minimum Gasteiger partial charge on any atom is -0.489 e. The lowest BCUT2D eigenvalue weighted by Crippen LogP contribution is -2.31. The van der Waals surface area contributed by atoms with Crippen molar-refractivity contribution in [2.45, 2.75) is 33.4 Å². The molecular formula is C28H25Cl2N5O2. The van der Waals surface area contributed by atoms with E-state index in [0.29, 0.717) is 33.0 Å². The lowest BCUT2D eigenvalue weighted by molar-refractivity contribution is -0.113. The molecule has 0 fully saturated rings. The average molecular weight is 534 g/mol. The minimum absolute atomic E-state index is 0.220. The van der Waals surface area contributed by atoms with Gasteiger partial charge in [-0.2, -0.15) is 10.1 Å². The van der Waals surface area contributed by atoms with Crippen molar-refractivity contribution in [3.05, 3.63) is 111 Å². The number of amides is 1. The molecule has 5 rings (SSSR count). The zero-order chi connectivity index (χ0) is 26.1. The molecule has 1 aliphatic rings. The first-order chi connectivity index (χ1) is 17.8. The van der Waals surface area contributed by atoms with E-state index >= 15 is 0 Å². The van der Waals surface area contributed by atoms with Gasteiger partial charge in [0.1, 0.15) is 24.7 Å². The van der Waals surface area contributed by atoms with E-state index < -0.39 is 6.04 Å². The van der Waals surface area contributed by atoms with Gasteiger partial charge in [-0.05, 0) is 62.2 Å². The molecule has 4 aromatic rings. The number of nitrogens with one attached hydrogen (secondary N) is 2. The molecule has 0 saturated carbocycles. The number of ether oxygens (including phenoxy) is 1. The van der Waals surface area contributed by atoms with Crippen LogP contribution in [-0.4, -0.2) is 20.7 Å². The third-order valence-electron chi connectivity index (χ3n) is 6.25. The molecule has 2 heterocycles. The van der Waals surface area contributed by atoms with Crippen molar-refractivity contribution in [1.82, 2.24) is 14.8 Å². The van der Waals surface area contributed by atoms with E-state index in [1.54, 1.807) is 16.8 Å². The van der Waals surface area contributed by atoms with E-state index in [9.17, 15) is 4.79 Å². The maximum atomic E-state index is 13.7. The number of aromatic nitrogens is 3. The van der Waals surface area contributed by atoms with Gasteiger partial charge in [-0.25, -0.2) is 4.68 Å². The van der Waals surface area contributed by atoms with Crippen LogP contribution in [0.25, 0.3) is 0 Å². The van der Waals surface area contributed by atoms with Crippen LogP contribution in [0.5, 0.6) is 5.75 Å². The Balaban J connectivity index is 1.46. The largest absolute Gasteiger partial charge is 0.489 e. The van der Waals surface area contributed by atoms with Gasteiger partial charge in [0.15, 0.2) is 0 Å². The molecule has 9 heteroatoms. The van der Waals surface area contributed by atoms with Gasteiger partial charge in [0.05, 0.1) is 5.57 Å². The highest BCUT2D eigenvalue weighted by atomic mass is 35.5. The van der Waals surface area contributed by atoms with Crippen LogP contribution in [0, 0.1) is 13.8 Å². The number of benzene rings is 3. The van der Waals surface area contributed by atoms with Crippen LogP contribution in [0.15, 0.2) is 78.3 Å². The number of nitrogens with zero attached hydrogens (tertiary/aromatic N) is 3. The molecule has 0 spiro atoms. The third-order valence-corrected chi connectivity index (χ3v) is 6.84. The topological polar surface area (TPSA) is 81.1 Å². The molecule has 0 unspecified atom stereocenters. The maximum Gasteiger partial charge on any atom is 0.255 e. The number of hydrogen-bond acceptors (Lipinski definition) is 5. The Labute approximate surface area is 225 Å². The van der Waals surface area contributed by atoms with Gasteiger partial charge in [0.2, 0.25) is 5.95 Å². The predicted molar refractivity (Wildman–Crippen MR) is 146 cm³/mol. The first-order valence-corrected chi connectivity index (χ1v) is 12.5. The summed E-state index contributed by atoms with van der Waals surface area (Å²) in [6.07, 6.45) is 1.47. The number of halogens is 2. The predicted octanol–water partition coefficient (Wildman–Crippen LogP) is 6.71. The summed E-state index contributed by atoms with van der Waals surface area (Å²) in [5.41, 5.74) is 5.77. The van der Waals surface area contributed by atoms with Crippen LogP contribution in [0.2, 0.25) is 10.0 Å². The second-order valence-corrected chi connectivity index (χ2v) is 9.81. The van der Waals surface area contributed by atoms with Crippen LogP contribution < -0.4 is 15.4 Å². The lowest BCUT2D eigenvalue weighted by Gasteiger charge is -2.29. The molecule has 0 saturated heterocycles. The number of rotatable bonds is 6. The Morgan fingerprint density at radius 2 is 1.92 bits per heavy atom. The highest BCUT2D eigenvalue weighted by Crippen LogP contribution is 2.36. The summed E-state index contributed by atoms with van der Waals surface area (Å²) in [7, 11) is 0. The standard InChI is InChI=1S/C28H25Cl2N5O2/c1-16-7-10-24(17(2)11-16)34-27(36)25-18(3)33-28-31-15-32-35(28)26(25)19-5-4-6-22(12-19)37-14-20-8-9-21(29)13-23(20)30/h4-13,15,26H,14H2,1-3H3,(H,34,36)(H,31,32,33)/t26-/m0/s1. The SMILES string of the molecule is CC1=C(C(=O)Nc2ccc(C)cc2C)[C@H](c2cccc(OCc3ccc(Cl)cc3Cl)c2)n2ncnc2N1. The monoisotopic (exact) mass is 533 g/mol. The zero-order valence-electron chi connectivity index (χ0n) is 20.5. The van der Waals surface area contributed by atoms with E-state index in [1.165, 1.54) is 6.33 Å². The summed E-state index contributed by atoms with van der Waals surface area (Å²) in [5, 5.41) is 11.8. The quantitative estimate of drug-likeness (QED) is 0.288. The summed E-state index contributed by atoms with van der Waals surface area (Å²) < 4.78 is 7.76. The first kappa shape index (κ1) is 24.9. The van der Waals surface area contributed by atoms with Crippen LogP contribution in [0.3, 0.4) is 0 Å². The van der Waals surface area contributed by atoms with E-state index in [0.717, 1.165) is 27.9 Å². The van der Waals surface area contributed by atoms with Crippen LogP contribution in [-0.2, 0) is 11.4 Å². The van der Waals surface area contributed by atoms with Crippen LogP contribution in [0.1, 0.15) is 35.2 Å². The molecule has 1 aliphatic heterocycles. The summed E-state index contributed by atoms with van der Waals surface area (Å²) in [5.74, 6) is 0.975. The zero-order valence-corrected chi connectivity index (χ0v) is 22.1. The van der Waals surface area contributed by atoms with Crippen molar-refractivity contribution >= 4 is 40.7 Å². The Hall–Kier alpha value is -3.81. The number of hydrogen-bond donors (Lipinski definition) is 2. The number of fused-ring (bicyclic) bond motifs is 1. The maximum absolute atomic E-state index is 13.7. The second-order valence-electron chi connectivity index (χ2n) is 8.96. The highest BCUT2D eigenvalue weighted by molar-refractivity contribution is 6.35. The number of carbonyl (C=O) groups is 1. The van der Waals surface area contributed by atoms with Crippen molar-refractivity contribution in [3.63, 3.8) is 0 Å². The van der Waals surface area contributed by atoms with Crippen molar-refractivity contribution in [1.29, 1.82) is 0 Å². The molecule has 188 valence electrons. The van der Waals surface area contributed by atoms with Gasteiger partial charge >= 0.3 is 0 Å². The molecule has 0 radical (unpaired) electrons. The molecule has 0 bridgehead atoms. The van der Waals surface area contributed by atoms with Gasteiger partial charge in [-0.3, -0.25) is 4.79 Å². The van der Waals surface area contributed by atoms with Crippen molar-refractivity contribution < 1.29 is 9.53 Å². The Morgan fingerprint density at radius 3 is 2.70 bits per heavy atom. The van der Waals surface area contributed by atoms with E-state index in [4.69, 9.17) is 27.9 Å². The van der Waals surface area contributed by atoms with E-state index in [2.05, 4.69) is 20.7 Å². The molecule has 0 aliphatic carbocycles. The molecule has 3 aromatic carbocycles. The Morgan fingerprint density at radius 1 is 1.08 bits per heavy atom. The van der Waals surface area contributed by atoms with Gasteiger partial charge in [0.25, 0.3) is 5.91 Å². The van der Waals surface area contributed by atoms with Gasteiger partial charge in [0, 0.05) is 27.0 Å². The normalized spacial score (nSPS) is 14.7. The van der Waals surface area contributed by atoms with E-state index in [1.807, 2.05) is 69.3 Å². The molecule has 1 amide bonds. The summed E-state index contributed by atoms with van der Waals surface area (Å²) in [4.78, 5) is 18.0. The van der Waals surface area contributed by atoms with Crippen molar-refractivity contribution in [2.75, 3.05) is 10.6 Å². The molecule has 37 heavy (non-hydrogen) atoms. The first-order valence-electron chi connectivity index (χ1n) is 11.7. The third kappa shape index (κ3) is 5.19. The van der Waals surface area contributed by atoms with E-state index in [-0.39, 0.29) is 12.5 Å². The summed E-state index contributed by atoms with van der Waals surface area (Å²) in [6, 6.07) is 18.3. The lowest BCUT2D eigenvalue weighted by atomic mass is 9.94. The molecule has 1 atom stereocenters. The second kappa shape index (κ2) is 10.3. The fraction of sp³-hybridized carbons (Fsp3) is 0.179. The number of carbonyl (C=O) groups excluding carboxylic acids is 1. The summed E-state index contributed by atoms with van der Waals surface area (Å²) in [6.45, 7) is 6.14.